The second-order valence-electron chi connectivity index (χ2n) is 3.30. The first kappa shape index (κ1) is 10.7. The first-order valence-electron chi connectivity index (χ1n) is 4.67. The minimum Gasteiger partial charge on any atom is -0.478 e. The monoisotopic (exact) mass is 236 g/mol. The predicted octanol–water partition coefficient (Wildman–Crippen LogP) is 2.28. The Balaban J connectivity index is 2.26. The summed E-state index contributed by atoms with van der Waals surface area (Å²) in [6.45, 7) is 0.465. The van der Waals surface area contributed by atoms with Crippen LogP contribution in [0.2, 0.25) is 5.15 Å². The van der Waals surface area contributed by atoms with Gasteiger partial charge >= 0.3 is 5.97 Å². The van der Waals surface area contributed by atoms with Crippen molar-refractivity contribution in [3.63, 3.8) is 0 Å². The molecule has 2 aromatic rings. The maximum absolute atomic E-state index is 10.7. The van der Waals surface area contributed by atoms with Crippen molar-refractivity contribution in [1.29, 1.82) is 0 Å². The number of benzene rings is 1. The first-order valence-corrected chi connectivity index (χ1v) is 5.05. The average molecular weight is 237 g/mol. The lowest BCUT2D eigenvalue weighted by Crippen LogP contribution is -2.02. The van der Waals surface area contributed by atoms with Crippen molar-refractivity contribution >= 4 is 17.6 Å². The SMILES string of the molecule is O=C(O)c1cnn(Cc2ccccc2)c1Cl. The highest BCUT2D eigenvalue weighted by molar-refractivity contribution is 6.32. The van der Waals surface area contributed by atoms with Gasteiger partial charge in [-0.2, -0.15) is 5.10 Å². The van der Waals surface area contributed by atoms with Gasteiger partial charge in [0.1, 0.15) is 10.7 Å². The third-order valence-corrected chi connectivity index (χ3v) is 2.58. The molecule has 0 aliphatic rings. The zero-order valence-corrected chi connectivity index (χ0v) is 9.05. The van der Waals surface area contributed by atoms with Gasteiger partial charge in [-0.1, -0.05) is 41.9 Å². The number of carbonyl (C=O) groups is 1. The van der Waals surface area contributed by atoms with E-state index >= 15 is 0 Å². The summed E-state index contributed by atoms with van der Waals surface area (Å²) in [7, 11) is 0. The molecule has 16 heavy (non-hydrogen) atoms. The molecule has 1 aromatic carbocycles. The van der Waals surface area contributed by atoms with Crippen LogP contribution in [0.3, 0.4) is 0 Å². The average Bonchev–Trinajstić information content (AvgIpc) is 2.62. The van der Waals surface area contributed by atoms with E-state index in [-0.39, 0.29) is 10.7 Å². The van der Waals surface area contributed by atoms with Crippen LogP contribution in [-0.4, -0.2) is 20.9 Å². The lowest BCUT2D eigenvalue weighted by atomic mass is 10.2. The van der Waals surface area contributed by atoms with Gasteiger partial charge in [-0.3, -0.25) is 0 Å². The van der Waals surface area contributed by atoms with Crippen molar-refractivity contribution < 1.29 is 9.90 Å². The van der Waals surface area contributed by atoms with E-state index in [4.69, 9.17) is 16.7 Å². The Bertz CT molecular complexity index is 508. The Labute approximate surface area is 97.1 Å². The molecule has 0 unspecified atom stereocenters. The van der Waals surface area contributed by atoms with Crippen molar-refractivity contribution in [1.82, 2.24) is 9.78 Å². The van der Waals surface area contributed by atoms with Crippen molar-refractivity contribution in [2.45, 2.75) is 6.54 Å². The Morgan fingerprint density at radius 1 is 1.38 bits per heavy atom. The normalized spacial score (nSPS) is 10.3. The molecule has 1 aromatic heterocycles. The van der Waals surface area contributed by atoms with Gasteiger partial charge in [-0.05, 0) is 5.56 Å². The van der Waals surface area contributed by atoms with Crippen LogP contribution in [0.25, 0.3) is 0 Å². The van der Waals surface area contributed by atoms with Crippen LogP contribution in [0.1, 0.15) is 15.9 Å². The zero-order valence-electron chi connectivity index (χ0n) is 8.30. The number of rotatable bonds is 3. The summed E-state index contributed by atoms with van der Waals surface area (Å²) in [5.74, 6) is -1.07. The Morgan fingerprint density at radius 3 is 2.62 bits per heavy atom. The molecule has 0 bridgehead atoms. The fourth-order valence-electron chi connectivity index (χ4n) is 1.38. The number of aromatic carboxylic acids is 1. The molecule has 0 spiro atoms. The summed E-state index contributed by atoms with van der Waals surface area (Å²) in [4.78, 5) is 10.7. The molecule has 4 nitrogen and oxygen atoms in total. The van der Waals surface area contributed by atoms with E-state index in [0.29, 0.717) is 6.54 Å². The van der Waals surface area contributed by atoms with E-state index in [2.05, 4.69) is 5.10 Å². The summed E-state index contributed by atoms with van der Waals surface area (Å²) in [5, 5.41) is 12.9. The van der Waals surface area contributed by atoms with Gasteiger partial charge in [0.05, 0.1) is 12.7 Å². The van der Waals surface area contributed by atoms with Crippen LogP contribution in [0.15, 0.2) is 36.5 Å². The predicted molar refractivity (Wildman–Crippen MR) is 59.7 cm³/mol. The quantitative estimate of drug-likeness (QED) is 0.890. The topological polar surface area (TPSA) is 55.1 Å². The molecule has 1 N–H and O–H groups in total. The summed E-state index contributed by atoms with van der Waals surface area (Å²) >= 11 is 5.89. The molecular weight excluding hydrogens is 228 g/mol. The van der Waals surface area contributed by atoms with E-state index in [0.717, 1.165) is 5.56 Å². The van der Waals surface area contributed by atoms with E-state index < -0.39 is 5.97 Å². The van der Waals surface area contributed by atoms with Gasteiger partial charge in [0, 0.05) is 0 Å². The summed E-state index contributed by atoms with van der Waals surface area (Å²) in [6, 6.07) is 9.59. The Hall–Kier alpha value is -1.81. The van der Waals surface area contributed by atoms with Crippen molar-refractivity contribution in [2.75, 3.05) is 0 Å². The molecule has 0 saturated carbocycles. The number of carboxylic acid groups (broad SMARTS) is 1. The van der Waals surface area contributed by atoms with Gasteiger partial charge in [0.15, 0.2) is 0 Å². The van der Waals surface area contributed by atoms with Crippen molar-refractivity contribution in [3.8, 4) is 0 Å². The standard InChI is InChI=1S/C11H9ClN2O2/c12-10-9(11(15)16)6-13-14(10)7-8-4-2-1-3-5-8/h1-6H,7H2,(H,15,16). The van der Waals surface area contributed by atoms with Crippen LogP contribution in [0.4, 0.5) is 0 Å². The van der Waals surface area contributed by atoms with E-state index in [1.165, 1.54) is 10.9 Å². The van der Waals surface area contributed by atoms with Crippen LogP contribution in [-0.2, 0) is 6.54 Å². The van der Waals surface area contributed by atoms with Gasteiger partial charge in [-0.25, -0.2) is 9.48 Å². The van der Waals surface area contributed by atoms with Crippen LogP contribution < -0.4 is 0 Å². The van der Waals surface area contributed by atoms with Crippen LogP contribution >= 0.6 is 11.6 Å². The van der Waals surface area contributed by atoms with Crippen LogP contribution in [0, 0.1) is 0 Å². The molecule has 0 atom stereocenters. The summed E-state index contributed by atoms with van der Waals surface area (Å²) in [6.07, 6.45) is 1.26. The number of carboxylic acids is 1. The smallest absolute Gasteiger partial charge is 0.340 e. The second-order valence-corrected chi connectivity index (χ2v) is 3.66. The minimum absolute atomic E-state index is 0.0256. The Kier molecular flexibility index (Phi) is 2.92. The van der Waals surface area contributed by atoms with Crippen LogP contribution in [0.5, 0.6) is 0 Å². The number of hydrogen-bond acceptors (Lipinski definition) is 2. The highest BCUT2D eigenvalue weighted by Crippen LogP contribution is 2.16. The number of hydrogen-bond donors (Lipinski definition) is 1. The maximum Gasteiger partial charge on any atom is 0.340 e. The number of aromatic nitrogens is 2. The molecule has 0 radical (unpaired) electrons. The highest BCUT2D eigenvalue weighted by atomic mass is 35.5. The minimum atomic E-state index is -1.07. The molecule has 5 heteroatoms. The van der Waals surface area contributed by atoms with Crippen molar-refractivity contribution in [3.05, 3.63) is 52.8 Å². The molecule has 0 saturated heterocycles. The molecule has 0 aliphatic carbocycles. The van der Waals surface area contributed by atoms with Gasteiger partial charge < -0.3 is 5.11 Å². The number of nitrogens with zero attached hydrogens (tertiary/aromatic N) is 2. The fraction of sp³-hybridized carbons (Fsp3) is 0.0909. The largest absolute Gasteiger partial charge is 0.478 e. The maximum atomic E-state index is 10.7. The first-order chi connectivity index (χ1) is 7.68. The van der Waals surface area contributed by atoms with Gasteiger partial charge in [0.2, 0.25) is 0 Å². The second kappa shape index (κ2) is 4.37. The van der Waals surface area contributed by atoms with E-state index in [1.54, 1.807) is 0 Å². The molecule has 0 aliphatic heterocycles. The summed E-state index contributed by atoms with van der Waals surface area (Å²) in [5.41, 5.74) is 1.04. The molecule has 0 amide bonds. The highest BCUT2D eigenvalue weighted by Gasteiger charge is 2.14. The Morgan fingerprint density at radius 2 is 2.06 bits per heavy atom. The van der Waals surface area contributed by atoms with Crippen molar-refractivity contribution in [2.24, 2.45) is 0 Å². The van der Waals surface area contributed by atoms with E-state index in [1.807, 2.05) is 30.3 Å². The molecular formula is C11H9ClN2O2. The zero-order chi connectivity index (χ0) is 11.5. The lowest BCUT2D eigenvalue weighted by Gasteiger charge is -2.02. The molecule has 2 rings (SSSR count). The van der Waals surface area contributed by atoms with E-state index in [9.17, 15) is 4.79 Å². The third kappa shape index (κ3) is 2.06. The number of halogens is 1. The molecule has 82 valence electrons. The lowest BCUT2D eigenvalue weighted by molar-refractivity contribution is 0.0697. The summed E-state index contributed by atoms with van der Waals surface area (Å²) < 4.78 is 1.46. The van der Waals surface area contributed by atoms with Gasteiger partial charge in [0.25, 0.3) is 0 Å². The molecule has 0 fully saturated rings. The molecule has 1 heterocycles. The fourth-order valence-corrected chi connectivity index (χ4v) is 1.61. The van der Waals surface area contributed by atoms with Gasteiger partial charge in [-0.15, -0.1) is 0 Å². The third-order valence-electron chi connectivity index (χ3n) is 2.18.